The largest absolute Gasteiger partial charge is 0.341 e. The molecule has 128 valence electrons. The molecule has 1 aromatic carbocycles. The lowest BCUT2D eigenvalue weighted by atomic mass is 9.99. The Morgan fingerprint density at radius 3 is 2.61 bits per heavy atom. The van der Waals surface area contributed by atoms with E-state index in [1.54, 1.807) is 11.8 Å². The molecule has 0 aromatic heterocycles. The third-order valence-electron chi connectivity index (χ3n) is 4.10. The predicted octanol–water partition coefficient (Wildman–Crippen LogP) is 2.14. The fourth-order valence-electron chi connectivity index (χ4n) is 2.79. The molecule has 1 saturated heterocycles. The number of nitrogens with one attached hydrogen (secondary N) is 1. The molecule has 5 nitrogen and oxygen atoms in total. The summed E-state index contributed by atoms with van der Waals surface area (Å²) in [5.41, 5.74) is 0. The molecule has 1 aliphatic heterocycles. The van der Waals surface area contributed by atoms with Gasteiger partial charge in [-0.05, 0) is 49.4 Å². The van der Waals surface area contributed by atoms with Gasteiger partial charge < -0.3 is 4.90 Å². The number of hydrogen-bond acceptors (Lipinski definition) is 3. The minimum absolute atomic E-state index is 0.0443. The lowest BCUT2D eigenvalue weighted by molar-refractivity contribution is -0.134. The van der Waals surface area contributed by atoms with Gasteiger partial charge in [0.15, 0.2) is 0 Å². The highest BCUT2D eigenvalue weighted by atomic mass is 32.2. The molecule has 2 unspecified atom stereocenters. The Morgan fingerprint density at radius 1 is 1.39 bits per heavy atom. The molecule has 2 rings (SSSR count). The van der Waals surface area contributed by atoms with Crippen molar-refractivity contribution in [2.75, 3.05) is 13.1 Å². The maximum atomic E-state index is 12.9. The summed E-state index contributed by atoms with van der Waals surface area (Å²) in [6.45, 7) is 5.18. The van der Waals surface area contributed by atoms with Crippen molar-refractivity contribution in [3.05, 3.63) is 30.1 Å². The molecule has 0 radical (unpaired) electrons. The molecule has 2 atom stereocenters. The van der Waals surface area contributed by atoms with Gasteiger partial charge in [0.1, 0.15) is 11.9 Å². The third kappa shape index (κ3) is 4.51. The van der Waals surface area contributed by atoms with Gasteiger partial charge in [0.2, 0.25) is 15.9 Å². The van der Waals surface area contributed by atoms with Crippen LogP contribution in [0.5, 0.6) is 0 Å². The van der Waals surface area contributed by atoms with Gasteiger partial charge in [-0.2, -0.15) is 4.72 Å². The van der Waals surface area contributed by atoms with Crippen LogP contribution in [0.15, 0.2) is 29.2 Å². The van der Waals surface area contributed by atoms with E-state index in [4.69, 9.17) is 0 Å². The number of sulfonamides is 1. The van der Waals surface area contributed by atoms with Gasteiger partial charge in [-0.3, -0.25) is 4.79 Å². The first kappa shape index (κ1) is 17.9. The monoisotopic (exact) mass is 342 g/mol. The number of piperidine rings is 1. The van der Waals surface area contributed by atoms with Crippen molar-refractivity contribution in [2.45, 2.75) is 44.0 Å². The van der Waals surface area contributed by atoms with Crippen molar-refractivity contribution in [2.24, 2.45) is 5.92 Å². The third-order valence-corrected chi connectivity index (χ3v) is 5.58. The van der Waals surface area contributed by atoms with Crippen LogP contribution in [0.2, 0.25) is 0 Å². The van der Waals surface area contributed by atoms with E-state index in [0.29, 0.717) is 25.4 Å². The Bertz CT molecular complexity index is 646. The Balaban J connectivity index is 2.11. The lowest BCUT2D eigenvalue weighted by Gasteiger charge is -2.33. The summed E-state index contributed by atoms with van der Waals surface area (Å²) < 4.78 is 40.1. The van der Waals surface area contributed by atoms with E-state index in [2.05, 4.69) is 11.6 Å². The first-order chi connectivity index (χ1) is 10.8. The summed E-state index contributed by atoms with van der Waals surface area (Å²) in [7, 11) is -3.85. The number of halogens is 1. The summed E-state index contributed by atoms with van der Waals surface area (Å²) in [5.74, 6) is -0.266. The standard InChI is InChI=1S/C16H23FN2O3S/c1-3-15(16(20)19-10-4-5-12(2)11-19)18-23(21,22)14-8-6-13(17)7-9-14/h6-9,12,15,18H,3-5,10-11H2,1-2H3. The molecule has 1 aliphatic rings. The van der Waals surface area contributed by atoms with E-state index in [-0.39, 0.29) is 10.8 Å². The predicted molar refractivity (Wildman–Crippen MR) is 85.8 cm³/mol. The molecule has 1 N–H and O–H groups in total. The van der Waals surface area contributed by atoms with Crippen molar-refractivity contribution < 1.29 is 17.6 Å². The van der Waals surface area contributed by atoms with Gasteiger partial charge in [0.25, 0.3) is 0 Å². The molecule has 23 heavy (non-hydrogen) atoms. The summed E-state index contributed by atoms with van der Waals surface area (Å²) in [6, 6.07) is 3.76. The Kier molecular flexibility index (Phi) is 5.75. The highest BCUT2D eigenvalue weighted by Gasteiger charge is 2.30. The van der Waals surface area contributed by atoms with Crippen LogP contribution in [-0.2, 0) is 14.8 Å². The maximum absolute atomic E-state index is 12.9. The number of nitrogens with zero attached hydrogens (tertiary/aromatic N) is 1. The Labute approximate surface area is 136 Å². The van der Waals surface area contributed by atoms with Crippen LogP contribution in [0.4, 0.5) is 4.39 Å². The van der Waals surface area contributed by atoms with E-state index in [1.807, 2.05) is 0 Å². The minimum Gasteiger partial charge on any atom is -0.341 e. The molecule has 7 heteroatoms. The molecule has 1 aromatic rings. The molecule has 1 heterocycles. The average molecular weight is 342 g/mol. The van der Waals surface area contributed by atoms with Crippen LogP contribution < -0.4 is 4.72 Å². The summed E-state index contributed by atoms with van der Waals surface area (Å²) in [4.78, 5) is 14.3. The molecular formula is C16H23FN2O3S. The lowest BCUT2D eigenvalue weighted by Crippen LogP contribution is -2.50. The fraction of sp³-hybridized carbons (Fsp3) is 0.562. The number of hydrogen-bond donors (Lipinski definition) is 1. The Morgan fingerprint density at radius 2 is 2.04 bits per heavy atom. The zero-order valence-corrected chi connectivity index (χ0v) is 14.3. The van der Waals surface area contributed by atoms with E-state index in [1.165, 1.54) is 12.1 Å². The first-order valence-electron chi connectivity index (χ1n) is 7.90. The van der Waals surface area contributed by atoms with Crippen LogP contribution in [0, 0.1) is 11.7 Å². The summed E-state index contributed by atoms with van der Waals surface area (Å²) >= 11 is 0. The molecule has 0 spiro atoms. The van der Waals surface area contributed by atoms with Crippen molar-refractivity contribution in [3.8, 4) is 0 Å². The zero-order valence-electron chi connectivity index (χ0n) is 13.5. The normalized spacial score (nSPS) is 20.3. The van der Waals surface area contributed by atoms with Crippen molar-refractivity contribution >= 4 is 15.9 Å². The highest BCUT2D eigenvalue weighted by Crippen LogP contribution is 2.18. The average Bonchev–Trinajstić information content (AvgIpc) is 2.52. The smallest absolute Gasteiger partial charge is 0.241 e. The van der Waals surface area contributed by atoms with Crippen molar-refractivity contribution in [1.29, 1.82) is 0 Å². The molecular weight excluding hydrogens is 319 g/mol. The van der Waals surface area contributed by atoms with Crippen LogP contribution in [0.3, 0.4) is 0 Å². The zero-order chi connectivity index (χ0) is 17.0. The van der Waals surface area contributed by atoms with Gasteiger partial charge in [-0.1, -0.05) is 13.8 Å². The van der Waals surface area contributed by atoms with E-state index >= 15 is 0 Å². The second-order valence-corrected chi connectivity index (χ2v) is 7.78. The van der Waals surface area contributed by atoms with Crippen molar-refractivity contribution in [3.63, 3.8) is 0 Å². The van der Waals surface area contributed by atoms with Gasteiger partial charge in [0, 0.05) is 13.1 Å². The molecule has 0 aliphatic carbocycles. The van der Waals surface area contributed by atoms with Crippen LogP contribution >= 0.6 is 0 Å². The van der Waals surface area contributed by atoms with Gasteiger partial charge in [0.05, 0.1) is 4.90 Å². The number of amides is 1. The van der Waals surface area contributed by atoms with Gasteiger partial charge in [-0.15, -0.1) is 0 Å². The van der Waals surface area contributed by atoms with Crippen LogP contribution in [0.25, 0.3) is 0 Å². The summed E-state index contributed by atoms with van der Waals surface area (Å²) in [6.07, 6.45) is 2.39. The van der Waals surface area contributed by atoms with Crippen LogP contribution in [-0.4, -0.2) is 38.4 Å². The highest BCUT2D eigenvalue weighted by molar-refractivity contribution is 7.89. The molecule has 0 bridgehead atoms. The van der Waals surface area contributed by atoms with Gasteiger partial charge in [-0.25, -0.2) is 12.8 Å². The maximum Gasteiger partial charge on any atom is 0.241 e. The second kappa shape index (κ2) is 7.40. The van der Waals surface area contributed by atoms with E-state index in [9.17, 15) is 17.6 Å². The number of carbonyl (C=O) groups is 1. The molecule has 0 saturated carbocycles. The Hall–Kier alpha value is -1.47. The SMILES string of the molecule is CCC(NS(=O)(=O)c1ccc(F)cc1)C(=O)N1CCCC(C)C1. The van der Waals surface area contributed by atoms with Crippen LogP contribution in [0.1, 0.15) is 33.1 Å². The number of likely N-dealkylation sites (tertiary alicyclic amines) is 1. The number of carbonyl (C=O) groups excluding carboxylic acids is 1. The van der Waals surface area contributed by atoms with E-state index in [0.717, 1.165) is 25.0 Å². The quantitative estimate of drug-likeness (QED) is 0.891. The minimum atomic E-state index is -3.85. The van der Waals surface area contributed by atoms with Crippen molar-refractivity contribution in [1.82, 2.24) is 9.62 Å². The fourth-order valence-corrected chi connectivity index (χ4v) is 4.06. The molecule has 1 fully saturated rings. The number of rotatable bonds is 5. The second-order valence-electron chi connectivity index (χ2n) is 6.07. The first-order valence-corrected chi connectivity index (χ1v) is 9.38. The summed E-state index contributed by atoms with van der Waals surface area (Å²) in [5, 5.41) is 0. The van der Waals surface area contributed by atoms with E-state index < -0.39 is 21.9 Å². The van der Waals surface area contributed by atoms with Gasteiger partial charge >= 0.3 is 0 Å². The molecule has 1 amide bonds. The number of benzene rings is 1. The topological polar surface area (TPSA) is 66.5 Å².